The molecule has 9 heteroatoms. The second-order valence-electron chi connectivity index (χ2n) is 5.56. The van der Waals surface area contributed by atoms with Crippen LogP contribution in [-0.4, -0.2) is 56.6 Å². The molecule has 0 aromatic rings. The molecule has 0 N–H and O–H groups in total. The van der Waals surface area contributed by atoms with Crippen molar-refractivity contribution in [3.05, 3.63) is 12.2 Å². The first-order valence-electron chi connectivity index (χ1n) is 7.59. The Morgan fingerprint density at radius 1 is 1.17 bits per heavy atom. The Kier molecular flexibility index (Phi) is 7.14. The van der Waals surface area contributed by atoms with Gasteiger partial charge in [0.05, 0.1) is 0 Å². The fourth-order valence-electron chi connectivity index (χ4n) is 2.83. The number of hydrogen-bond donors (Lipinski definition) is 0. The molecule has 7 nitrogen and oxygen atoms in total. The smallest absolute Gasteiger partial charge is 0.431 e. The van der Waals surface area contributed by atoms with E-state index in [1.54, 1.807) is 21.1 Å². The topological polar surface area (TPSA) is 72.5 Å². The minimum absolute atomic E-state index is 0.318. The van der Waals surface area contributed by atoms with E-state index in [9.17, 15) is 4.79 Å². The summed E-state index contributed by atoms with van der Waals surface area (Å²) in [4.78, 5) is 12.1. The maximum absolute atomic E-state index is 12.1. The maximum atomic E-state index is 12.1. The number of esters is 1. The summed E-state index contributed by atoms with van der Waals surface area (Å²) in [5.41, 5.74) is 0.318. The fourth-order valence-corrected chi connectivity index (χ4v) is 12.5. The van der Waals surface area contributed by atoms with Gasteiger partial charge in [-0.3, -0.25) is 0 Å². The molecule has 1 rings (SSSR count). The van der Waals surface area contributed by atoms with Gasteiger partial charge in [-0.05, 0) is 13.3 Å². The standard InChI is InChI=1S/C14H28O7Si2/c1-8-9-14(20-13(15)12(2)3)10-11-22(16-4,17-5)23(18-6,19-7)21-14/h2,8-11H2,1,3-7H3. The number of rotatable bonds is 8. The van der Waals surface area contributed by atoms with Crippen LogP contribution in [0.25, 0.3) is 0 Å². The molecule has 1 aliphatic rings. The van der Waals surface area contributed by atoms with Crippen molar-refractivity contribution in [3.63, 3.8) is 0 Å². The van der Waals surface area contributed by atoms with E-state index in [-0.39, 0.29) is 0 Å². The van der Waals surface area contributed by atoms with Crippen LogP contribution < -0.4 is 0 Å². The summed E-state index contributed by atoms with van der Waals surface area (Å²) in [6.45, 7) is 7.22. The fraction of sp³-hybridized carbons (Fsp3) is 0.786. The zero-order valence-corrected chi connectivity index (χ0v) is 16.9. The van der Waals surface area contributed by atoms with Crippen molar-refractivity contribution < 1.29 is 31.7 Å². The lowest BCUT2D eigenvalue weighted by Gasteiger charge is -2.49. The van der Waals surface area contributed by atoms with Gasteiger partial charge in [0, 0.05) is 52.9 Å². The summed E-state index contributed by atoms with van der Waals surface area (Å²) in [5, 5.41) is 0. The molecule has 1 heterocycles. The summed E-state index contributed by atoms with van der Waals surface area (Å²) in [6, 6.07) is 0.553. The van der Waals surface area contributed by atoms with E-state index in [1.165, 1.54) is 14.2 Å². The van der Waals surface area contributed by atoms with Crippen LogP contribution in [-0.2, 0) is 31.7 Å². The summed E-state index contributed by atoms with van der Waals surface area (Å²) in [7, 11) is 0.0291. The molecule has 0 aromatic heterocycles. The first kappa shape index (κ1) is 20.5. The molecule has 1 fully saturated rings. The van der Waals surface area contributed by atoms with Crippen LogP contribution in [0.5, 0.6) is 0 Å². The number of carbonyl (C=O) groups excluding carboxylic acids is 1. The molecule has 0 radical (unpaired) electrons. The van der Waals surface area contributed by atoms with Gasteiger partial charge in [0.2, 0.25) is 5.79 Å². The molecule has 0 spiro atoms. The van der Waals surface area contributed by atoms with E-state index >= 15 is 0 Å². The Bertz CT molecular complexity index is 435. The van der Waals surface area contributed by atoms with Crippen molar-refractivity contribution >= 4 is 22.4 Å². The van der Waals surface area contributed by atoms with E-state index < -0.39 is 28.2 Å². The van der Waals surface area contributed by atoms with E-state index in [4.69, 9.17) is 26.9 Å². The summed E-state index contributed by atoms with van der Waals surface area (Å²) < 4.78 is 34.6. The van der Waals surface area contributed by atoms with Crippen LogP contribution >= 0.6 is 0 Å². The summed E-state index contributed by atoms with van der Waals surface area (Å²) in [5.74, 6) is -1.59. The minimum Gasteiger partial charge on any atom is -0.431 e. The lowest BCUT2D eigenvalue weighted by molar-refractivity contribution is -0.215. The number of carbonyl (C=O) groups is 1. The highest BCUT2D eigenvalue weighted by atomic mass is 29.3. The van der Waals surface area contributed by atoms with Crippen LogP contribution in [0.1, 0.15) is 33.1 Å². The SMILES string of the molecule is C=C(C)C(=O)OC1(CCC)CC[Si](OC)(OC)[Si](OC)(OC)O1. The maximum Gasteiger partial charge on any atom is 0.541 e. The van der Waals surface area contributed by atoms with Gasteiger partial charge in [0.25, 0.3) is 0 Å². The molecule has 0 saturated carbocycles. The van der Waals surface area contributed by atoms with Gasteiger partial charge in [-0.2, -0.15) is 0 Å². The predicted octanol–water partition coefficient (Wildman–Crippen LogP) is 2.07. The third-order valence-corrected chi connectivity index (χ3v) is 15.3. The van der Waals surface area contributed by atoms with Crippen LogP contribution in [0.2, 0.25) is 6.04 Å². The molecule has 1 saturated heterocycles. The molecule has 0 aromatic carbocycles. The zero-order valence-electron chi connectivity index (χ0n) is 14.9. The Morgan fingerprint density at radius 3 is 2.13 bits per heavy atom. The molecule has 0 aliphatic carbocycles. The molecule has 23 heavy (non-hydrogen) atoms. The highest BCUT2D eigenvalue weighted by molar-refractivity contribution is 7.29. The van der Waals surface area contributed by atoms with Gasteiger partial charge in [0.15, 0.2) is 0 Å². The third kappa shape index (κ3) is 3.76. The highest BCUT2D eigenvalue weighted by Gasteiger charge is 2.73. The largest absolute Gasteiger partial charge is 0.541 e. The minimum atomic E-state index is -3.30. The quantitative estimate of drug-likeness (QED) is 0.371. The van der Waals surface area contributed by atoms with E-state index in [1.807, 2.05) is 6.92 Å². The van der Waals surface area contributed by atoms with Crippen molar-refractivity contribution in [2.45, 2.75) is 44.9 Å². The van der Waals surface area contributed by atoms with Crippen molar-refractivity contribution in [2.24, 2.45) is 0 Å². The van der Waals surface area contributed by atoms with Crippen molar-refractivity contribution in [2.75, 3.05) is 28.4 Å². The number of ether oxygens (including phenoxy) is 1. The van der Waals surface area contributed by atoms with Gasteiger partial charge in [-0.25, -0.2) is 4.79 Å². The van der Waals surface area contributed by atoms with E-state index in [0.29, 0.717) is 24.5 Å². The van der Waals surface area contributed by atoms with Crippen molar-refractivity contribution in [1.82, 2.24) is 0 Å². The average molecular weight is 365 g/mol. The lowest BCUT2D eigenvalue weighted by Crippen LogP contribution is -2.76. The van der Waals surface area contributed by atoms with Gasteiger partial charge < -0.3 is 26.9 Å². The zero-order chi connectivity index (χ0) is 17.7. The Morgan fingerprint density at radius 2 is 1.74 bits per heavy atom. The van der Waals surface area contributed by atoms with Crippen molar-refractivity contribution in [3.8, 4) is 0 Å². The van der Waals surface area contributed by atoms with Gasteiger partial charge >= 0.3 is 22.4 Å². The molecule has 0 bridgehead atoms. The van der Waals surface area contributed by atoms with Crippen LogP contribution in [0, 0.1) is 0 Å². The Hall–Kier alpha value is -0.556. The first-order chi connectivity index (χ1) is 10.8. The monoisotopic (exact) mass is 364 g/mol. The van der Waals surface area contributed by atoms with Gasteiger partial charge in [-0.1, -0.05) is 13.5 Å². The van der Waals surface area contributed by atoms with E-state index in [0.717, 1.165) is 6.42 Å². The molecular formula is C14H28O7Si2. The van der Waals surface area contributed by atoms with Gasteiger partial charge in [-0.15, -0.1) is 0 Å². The third-order valence-electron chi connectivity index (χ3n) is 4.08. The molecule has 1 atom stereocenters. The van der Waals surface area contributed by atoms with Crippen molar-refractivity contribution in [1.29, 1.82) is 0 Å². The number of hydrogen-bond acceptors (Lipinski definition) is 7. The second kappa shape index (κ2) is 8.01. The highest BCUT2D eigenvalue weighted by Crippen LogP contribution is 2.43. The molecule has 0 amide bonds. The lowest BCUT2D eigenvalue weighted by atomic mass is 10.1. The van der Waals surface area contributed by atoms with Crippen LogP contribution in [0.15, 0.2) is 12.2 Å². The Balaban J connectivity index is 3.23. The van der Waals surface area contributed by atoms with Crippen LogP contribution in [0.3, 0.4) is 0 Å². The van der Waals surface area contributed by atoms with Gasteiger partial charge in [0.1, 0.15) is 0 Å². The van der Waals surface area contributed by atoms with Crippen LogP contribution in [0.4, 0.5) is 0 Å². The molecule has 134 valence electrons. The summed E-state index contributed by atoms with van der Waals surface area (Å²) >= 11 is 0. The molecular weight excluding hydrogens is 336 g/mol. The second-order valence-corrected chi connectivity index (χ2v) is 14.6. The average Bonchev–Trinajstić information content (AvgIpc) is 2.55. The molecule has 1 unspecified atom stereocenters. The van der Waals surface area contributed by atoms with E-state index in [2.05, 4.69) is 6.58 Å². The Labute approximate surface area is 140 Å². The summed E-state index contributed by atoms with van der Waals surface area (Å²) in [6.07, 6.45) is 1.77. The molecule has 1 aliphatic heterocycles. The first-order valence-corrected chi connectivity index (χ1v) is 12.3. The predicted molar refractivity (Wildman–Crippen MR) is 88.6 cm³/mol. The normalized spacial score (nSPS) is 25.8.